The average molecular weight is 297 g/mol. The van der Waals surface area contributed by atoms with Gasteiger partial charge in [0.25, 0.3) is 0 Å². The zero-order chi connectivity index (χ0) is 14.8. The van der Waals surface area contributed by atoms with Gasteiger partial charge in [-0.3, -0.25) is 0 Å². The molecule has 5 nitrogen and oxygen atoms in total. The van der Waals surface area contributed by atoms with Crippen molar-refractivity contribution in [1.82, 2.24) is 4.72 Å². The minimum absolute atomic E-state index is 0.0772. The molecule has 1 aromatic rings. The third kappa shape index (κ3) is 3.37. The van der Waals surface area contributed by atoms with Gasteiger partial charge in [0.2, 0.25) is 10.0 Å². The first-order valence-corrected chi connectivity index (χ1v) is 8.21. The molecule has 1 saturated carbocycles. The first kappa shape index (κ1) is 15.0. The van der Waals surface area contributed by atoms with Gasteiger partial charge in [0.1, 0.15) is 0 Å². The number of carboxylic acids is 1. The summed E-state index contributed by atoms with van der Waals surface area (Å²) in [7, 11) is -3.56. The first-order chi connectivity index (χ1) is 9.40. The molecule has 0 saturated heterocycles. The Hall–Kier alpha value is -1.40. The minimum atomic E-state index is -3.56. The van der Waals surface area contributed by atoms with Gasteiger partial charge in [-0.05, 0) is 42.5 Å². The Morgan fingerprint density at radius 2 is 1.95 bits per heavy atom. The highest BCUT2D eigenvalue weighted by molar-refractivity contribution is 7.89. The highest BCUT2D eigenvalue weighted by atomic mass is 32.2. The predicted molar refractivity (Wildman–Crippen MR) is 75.1 cm³/mol. The van der Waals surface area contributed by atoms with Gasteiger partial charge in [0.15, 0.2) is 0 Å². The number of nitrogens with one attached hydrogen (secondary N) is 1. The van der Waals surface area contributed by atoms with Gasteiger partial charge in [0.05, 0.1) is 10.5 Å². The average Bonchev–Trinajstić information content (AvgIpc) is 2.82. The predicted octanol–water partition coefficient (Wildman–Crippen LogP) is 2.10. The van der Waals surface area contributed by atoms with Crippen LogP contribution in [0.15, 0.2) is 29.2 Å². The van der Waals surface area contributed by atoms with Gasteiger partial charge in [-0.2, -0.15) is 0 Å². The molecule has 6 heteroatoms. The number of benzene rings is 1. The fraction of sp³-hybridized carbons (Fsp3) is 0.500. The van der Waals surface area contributed by atoms with Crippen molar-refractivity contribution in [2.75, 3.05) is 6.54 Å². The maximum Gasteiger partial charge on any atom is 0.335 e. The van der Waals surface area contributed by atoms with Crippen LogP contribution in [0.3, 0.4) is 0 Å². The van der Waals surface area contributed by atoms with Gasteiger partial charge < -0.3 is 5.11 Å². The van der Waals surface area contributed by atoms with Crippen LogP contribution < -0.4 is 4.72 Å². The van der Waals surface area contributed by atoms with Crippen molar-refractivity contribution in [2.24, 2.45) is 11.8 Å². The number of aromatic carboxylic acids is 1. The molecule has 1 aliphatic rings. The Labute approximate surface area is 119 Å². The van der Waals surface area contributed by atoms with E-state index in [1.54, 1.807) is 0 Å². The fourth-order valence-electron chi connectivity index (χ4n) is 2.60. The van der Waals surface area contributed by atoms with E-state index in [1.165, 1.54) is 24.3 Å². The lowest BCUT2D eigenvalue weighted by atomic mass is 9.99. The van der Waals surface area contributed by atoms with E-state index in [4.69, 9.17) is 5.11 Å². The molecular formula is C14H19NO4S. The lowest BCUT2D eigenvalue weighted by Gasteiger charge is -2.16. The molecule has 1 aromatic carbocycles. The molecule has 1 aliphatic carbocycles. The standard InChI is InChI=1S/C14H19NO4S/c1-10-3-2-4-12(10)9-15-20(18,19)13-7-5-11(6-8-13)14(16)17/h5-8,10,12,15H,2-4,9H2,1H3,(H,16,17). The smallest absolute Gasteiger partial charge is 0.335 e. The van der Waals surface area contributed by atoms with Crippen LogP contribution in [-0.2, 0) is 10.0 Å². The van der Waals surface area contributed by atoms with Crippen LogP contribution in [0.1, 0.15) is 36.5 Å². The monoisotopic (exact) mass is 297 g/mol. The van der Waals surface area contributed by atoms with Crippen LogP contribution in [0.5, 0.6) is 0 Å². The van der Waals surface area contributed by atoms with Gasteiger partial charge >= 0.3 is 5.97 Å². The van der Waals surface area contributed by atoms with E-state index in [0.717, 1.165) is 19.3 Å². The molecule has 20 heavy (non-hydrogen) atoms. The summed E-state index contributed by atoms with van der Waals surface area (Å²) >= 11 is 0. The topological polar surface area (TPSA) is 83.5 Å². The van der Waals surface area contributed by atoms with Crippen molar-refractivity contribution in [3.8, 4) is 0 Å². The summed E-state index contributed by atoms with van der Waals surface area (Å²) in [5.41, 5.74) is 0.0772. The van der Waals surface area contributed by atoms with Crippen LogP contribution in [0.2, 0.25) is 0 Å². The molecule has 2 rings (SSSR count). The zero-order valence-electron chi connectivity index (χ0n) is 11.4. The van der Waals surface area contributed by atoms with E-state index >= 15 is 0 Å². The fourth-order valence-corrected chi connectivity index (χ4v) is 3.70. The second-order valence-electron chi connectivity index (χ2n) is 5.35. The van der Waals surface area contributed by atoms with E-state index in [1.807, 2.05) is 0 Å². The highest BCUT2D eigenvalue weighted by Gasteiger charge is 2.25. The maximum absolute atomic E-state index is 12.1. The molecule has 0 heterocycles. The molecule has 0 aromatic heterocycles. The Morgan fingerprint density at radius 3 is 2.45 bits per heavy atom. The van der Waals surface area contributed by atoms with Crippen LogP contribution in [0.4, 0.5) is 0 Å². The van der Waals surface area contributed by atoms with Crippen molar-refractivity contribution in [1.29, 1.82) is 0 Å². The molecule has 0 amide bonds. The lowest BCUT2D eigenvalue weighted by Crippen LogP contribution is -2.30. The number of carbonyl (C=O) groups is 1. The molecule has 0 spiro atoms. The van der Waals surface area contributed by atoms with Crippen LogP contribution >= 0.6 is 0 Å². The molecule has 0 radical (unpaired) electrons. The van der Waals surface area contributed by atoms with E-state index in [-0.39, 0.29) is 10.5 Å². The van der Waals surface area contributed by atoms with Crippen LogP contribution in [0, 0.1) is 11.8 Å². The molecule has 2 unspecified atom stereocenters. The number of sulfonamides is 1. The summed E-state index contributed by atoms with van der Waals surface area (Å²) in [6.45, 7) is 2.60. The summed E-state index contributed by atoms with van der Waals surface area (Å²) in [6, 6.07) is 5.25. The van der Waals surface area contributed by atoms with Crippen LogP contribution in [0.25, 0.3) is 0 Å². The van der Waals surface area contributed by atoms with Crippen molar-refractivity contribution < 1.29 is 18.3 Å². The Bertz CT molecular complexity index is 580. The highest BCUT2D eigenvalue weighted by Crippen LogP contribution is 2.30. The van der Waals surface area contributed by atoms with Crippen molar-refractivity contribution in [3.05, 3.63) is 29.8 Å². The summed E-state index contributed by atoms with van der Waals surface area (Å²) in [5, 5.41) is 8.79. The Kier molecular flexibility index (Phi) is 4.45. The summed E-state index contributed by atoms with van der Waals surface area (Å²) < 4.78 is 26.9. The van der Waals surface area contributed by atoms with E-state index in [0.29, 0.717) is 18.4 Å². The maximum atomic E-state index is 12.1. The second-order valence-corrected chi connectivity index (χ2v) is 7.12. The number of hydrogen-bond donors (Lipinski definition) is 2. The molecular weight excluding hydrogens is 278 g/mol. The van der Waals surface area contributed by atoms with E-state index < -0.39 is 16.0 Å². The van der Waals surface area contributed by atoms with Gasteiger partial charge in [-0.15, -0.1) is 0 Å². The third-order valence-electron chi connectivity index (χ3n) is 3.99. The summed E-state index contributed by atoms with van der Waals surface area (Å²) in [6.07, 6.45) is 3.36. The van der Waals surface area contributed by atoms with Gasteiger partial charge in [-0.1, -0.05) is 19.8 Å². The van der Waals surface area contributed by atoms with Gasteiger partial charge in [0, 0.05) is 6.54 Å². The number of hydrogen-bond acceptors (Lipinski definition) is 3. The third-order valence-corrected chi connectivity index (χ3v) is 5.43. The zero-order valence-corrected chi connectivity index (χ0v) is 12.2. The molecule has 0 bridgehead atoms. The van der Waals surface area contributed by atoms with Gasteiger partial charge in [-0.25, -0.2) is 17.9 Å². The number of rotatable bonds is 5. The normalized spacial score (nSPS) is 22.9. The van der Waals surface area contributed by atoms with Crippen molar-refractivity contribution in [3.63, 3.8) is 0 Å². The SMILES string of the molecule is CC1CCCC1CNS(=O)(=O)c1ccc(C(=O)O)cc1. The largest absolute Gasteiger partial charge is 0.478 e. The molecule has 2 N–H and O–H groups in total. The van der Waals surface area contributed by atoms with E-state index in [9.17, 15) is 13.2 Å². The van der Waals surface area contributed by atoms with Crippen molar-refractivity contribution >= 4 is 16.0 Å². The summed E-state index contributed by atoms with van der Waals surface area (Å²) in [5.74, 6) is -0.128. The molecule has 2 atom stereocenters. The van der Waals surface area contributed by atoms with E-state index in [2.05, 4.69) is 11.6 Å². The molecule has 0 aliphatic heterocycles. The van der Waals surface area contributed by atoms with Crippen LogP contribution in [-0.4, -0.2) is 26.0 Å². The quantitative estimate of drug-likeness (QED) is 0.871. The molecule has 1 fully saturated rings. The molecule has 110 valence electrons. The minimum Gasteiger partial charge on any atom is -0.478 e. The Balaban J connectivity index is 2.04. The van der Waals surface area contributed by atoms with Crippen molar-refractivity contribution in [2.45, 2.75) is 31.1 Å². The lowest BCUT2D eigenvalue weighted by molar-refractivity contribution is 0.0696. The first-order valence-electron chi connectivity index (χ1n) is 6.73. The number of carboxylic acid groups (broad SMARTS) is 1. The Morgan fingerprint density at radius 1 is 1.30 bits per heavy atom. The summed E-state index contributed by atoms with van der Waals surface area (Å²) in [4.78, 5) is 10.8. The second kappa shape index (κ2) is 5.93.